The summed E-state index contributed by atoms with van der Waals surface area (Å²) in [6.07, 6.45) is 1.60. The van der Waals surface area contributed by atoms with Crippen LogP contribution in [0.15, 0.2) is 47.1 Å². The smallest absolute Gasteiger partial charge is 0.249 e. The highest BCUT2D eigenvalue weighted by atomic mass is 79.9. The lowest BCUT2D eigenvalue weighted by Gasteiger charge is -2.13. The first-order valence-corrected chi connectivity index (χ1v) is 8.38. The molecule has 0 saturated heterocycles. The number of benzene rings is 2. The molecule has 0 aliphatic rings. The van der Waals surface area contributed by atoms with Crippen LogP contribution in [-0.2, 0) is 0 Å². The minimum atomic E-state index is 0.463. The summed E-state index contributed by atoms with van der Waals surface area (Å²) < 4.78 is 0.999. The predicted molar refractivity (Wildman–Crippen MR) is 101 cm³/mol. The molecule has 0 bridgehead atoms. The van der Waals surface area contributed by atoms with Crippen molar-refractivity contribution in [2.75, 3.05) is 10.6 Å². The van der Waals surface area contributed by atoms with Crippen LogP contribution in [0.1, 0.15) is 16.7 Å². The van der Waals surface area contributed by atoms with Gasteiger partial charge in [-0.2, -0.15) is 10.1 Å². The Kier molecular flexibility index (Phi) is 4.76. The molecule has 3 rings (SSSR count). The van der Waals surface area contributed by atoms with E-state index in [0.717, 1.165) is 27.0 Å². The fraction of sp³-hybridized carbons (Fsp3) is 0.167. The van der Waals surface area contributed by atoms with Gasteiger partial charge in [-0.05, 0) is 50.1 Å². The van der Waals surface area contributed by atoms with Gasteiger partial charge in [0, 0.05) is 15.8 Å². The lowest BCUT2D eigenvalue weighted by molar-refractivity contribution is 0.980. The van der Waals surface area contributed by atoms with Crippen molar-refractivity contribution >= 4 is 39.1 Å². The molecule has 0 spiro atoms. The van der Waals surface area contributed by atoms with E-state index in [0.29, 0.717) is 11.8 Å². The number of hydrogen-bond acceptors (Lipinski definition) is 5. The van der Waals surface area contributed by atoms with Gasteiger partial charge in [-0.15, -0.1) is 5.10 Å². The number of aryl methyl sites for hydroxylation is 3. The minimum Gasteiger partial charge on any atom is -0.339 e. The molecule has 0 unspecified atom stereocenters. The fourth-order valence-electron chi connectivity index (χ4n) is 2.62. The maximum atomic E-state index is 4.49. The van der Waals surface area contributed by atoms with Crippen molar-refractivity contribution in [3.63, 3.8) is 0 Å². The molecule has 122 valence electrons. The molecule has 6 heteroatoms. The van der Waals surface area contributed by atoms with E-state index in [1.165, 1.54) is 5.56 Å². The van der Waals surface area contributed by atoms with Crippen LogP contribution in [0.2, 0.25) is 0 Å². The van der Waals surface area contributed by atoms with Gasteiger partial charge in [-0.1, -0.05) is 39.7 Å². The Morgan fingerprint density at radius 1 is 0.958 bits per heavy atom. The van der Waals surface area contributed by atoms with Crippen LogP contribution >= 0.6 is 15.9 Å². The Labute approximate surface area is 149 Å². The highest BCUT2D eigenvalue weighted by Crippen LogP contribution is 2.25. The number of halogens is 1. The molecular weight excluding hydrogens is 366 g/mol. The third kappa shape index (κ3) is 3.89. The van der Waals surface area contributed by atoms with E-state index in [4.69, 9.17) is 0 Å². The van der Waals surface area contributed by atoms with Gasteiger partial charge in [0.15, 0.2) is 5.82 Å². The molecule has 0 saturated carbocycles. The number of nitrogens with zero attached hydrogens (tertiary/aromatic N) is 3. The topological polar surface area (TPSA) is 62.7 Å². The summed E-state index contributed by atoms with van der Waals surface area (Å²) in [6, 6.07) is 12.1. The lowest BCUT2D eigenvalue weighted by atomic mass is 10.1. The summed E-state index contributed by atoms with van der Waals surface area (Å²) in [6.45, 7) is 6.23. The molecule has 0 aliphatic carbocycles. The third-order valence-electron chi connectivity index (χ3n) is 3.57. The Morgan fingerprint density at radius 2 is 1.71 bits per heavy atom. The van der Waals surface area contributed by atoms with Gasteiger partial charge < -0.3 is 10.6 Å². The Balaban J connectivity index is 1.83. The van der Waals surface area contributed by atoms with E-state index in [-0.39, 0.29) is 0 Å². The number of nitrogens with one attached hydrogen (secondary N) is 2. The van der Waals surface area contributed by atoms with Crippen LogP contribution in [-0.4, -0.2) is 15.2 Å². The molecule has 5 nitrogen and oxygen atoms in total. The Morgan fingerprint density at radius 3 is 2.42 bits per heavy atom. The minimum absolute atomic E-state index is 0.463. The number of anilines is 4. The maximum Gasteiger partial charge on any atom is 0.249 e. The predicted octanol–water partition coefficient (Wildman–Crippen LogP) is 5.05. The fourth-order valence-corrected chi connectivity index (χ4v) is 3.02. The largest absolute Gasteiger partial charge is 0.339 e. The van der Waals surface area contributed by atoms with Crippen molar-refractivity contribution in [2.45, 2.75) is 20.8 Å². The summed E-state index contributed by atoms with van der Waals surface area (Å²) in [5, 5.41) is 14.6. The van der Waals surface area contributed by atoms with Crippen molar-refractivity contribution in [3.05, 3.63) is 63.8 Å². The first kappa shape index (κ1) is 16.4. The second-order valence-electron chi connectivity index (χ2n) is 5.70. The van der Waals surface area contributed by atoms with Gasteiger partial charge in [0.1, 0.15) is 0 Å². The van der Waals surface area contributed by atoms with E-state index in [2.05, 4.69) is 74.6 Å². The van der Waals surface area contributed by atoms with Crippen LogP contribution in [0.3, 0.4) is 0 Å². The van der Waals surface area contributed by atoms with Crippen LogP contribution in [0.25, 0.3) is 0 Å². The van der Waals surface area contributed by atoms with Gasteiger partial charge in [0.2, 0.25) is 5.95 Å². The zero-order chi connectivity index (χ0) is 17.1. The van der Waals surface area contributed by atoms with E-state index >= 15 is 0 Å². The first-order chi connectivity index (χ1) is 11.5. The maximum absolute atomic E-state index is 4.49. The second-order valence-corrected chi connectivity index (χ2v) is 6.61. The average molecular weight is 384 g/mol. The summed E-state index contributed by atoms with van der Waals surface area (Å²) in [4.78, 5) is 4.49. The van der Waals surface area contributed by atoms with Gasteiger partial charge in [-0.25, -0.2) is 0 Å². The number of hydrogen-bond donors (Lipinski definition) is 2. The third-order valence-corrected chi connectivity index (χ3v) is 4.06. The molecule has 1 aromatic heterocycles. The first-order valence-electron chi connectivity index (χ1n) is 7.58. The standard InChI is InChI=1S/C18H18BrN5/c1-11-7-12(2)17(13(3)8-11)23-18-22-16(10-20-24-18)21-15-6-4-5-14(19)9-15/h4-10H,1-3H3,(H2,21,22,23,24). The molecule has 3 aromatic rings. The Hall–Kier alpha value is -2.47. The summed E-state index contributed by atoms with van der Waals surface area (Å²) in [5.41, 5.74) is 5.49. The molecule has 2 aromatic carbocycles. The van der Waals surface area contributed by atoms with Crippen LogP contribution < -0.4 is 10.6 Å². The molecule has 0 radical (unpaired) electrons. The highest BCUT2D eigenvalue weighted by molar-refractivity contribution is 9.10. The van der Waals surface area contributed by atoms with E-state index in [1.54, 1.807) is 6.20 Å². The average Bonchev–Trinajstić information content (AvgIpc) is 2.51. The van der Waals surface area contributed by atoms with Crippen molar-refractivity contribution < 1.29 is 0 Å². The van der Waals surface area contributed by atoms with Crippen molar-refractivity contribution in [3.8, 4) is 0 Å². The molecular formula is C18H18BrN5. The number of aromatic nitrogens is 3. The SMILES string of the molecule is Cc1cc(C)c(Nc2nncc(Nc3cccc(Br)c3)n2)c(C)c1. The van der Waals surface area contributed by atoms with Crippen molar-refractivity contribution in [1.29, 1.82) is 0 Å². The van der Waals surface area contributed by atoms with E-state index in [1.807, 2.05) is 24.3 Å². The van der Waals surface area contributed by atoms with Crippen LogP contribution in [0, 0.1) is 20.8 Å². The van der Waals surface area contributed by atoms with Gasteiger partial charge in [-0.3, -0.25) is 0 Å². The number of rotatable bonds is 4. The molecule has 0 fully saturated rings. The van der Waals surface area contributed by atoms with Crippen LogP contribution in [0.4, 0.5) is 23.1 Å². The van der Waals surface area contributed by atoms with Gasteiger partial charge >= 0.3 is 0 Å². The molecule has 0 aliphatic heterocycles. The van der Waals surface area contributed by atoms with Crippen LogP contribution in [0.5, 0.6) is 0 Å². The zero-order valence-electron chi connectivity index (χ0n) is 13.8. The molecule has 0 amide bonds. The van der Waals surface area contributed by atoms with Gasteiger partial charge in [0.25, 0.3) is 0 Å². The highest BCUT2D eigenvalue weighted by Gasteiger charge is 2.07. The van der Waals surface area contributed by atoms with E-state index < -0.39 is 0 Å². The summed E-state index contributed by atoms with van der Waals surface area (Å²) in [7, 11) is 0. The monoisotopic (exact) mass is 383 g/mol. The van der Waals surface area contributed by atoms with E-state index in [9.17, 15) is 0 Å². The van der Waals surface area contributed by atoms with Crippen molar-refractivity contribution in [2.24, 2.45) is 0 Å². The molecule has 0 atom stereocenters. The van der Waals surface area contributed by atoms with Gasteiger partial charge in [0.05, 0.1) is 6.20 Å². The zero-order valence-corrected chi connectivity index (χ0v) is 15.3. The van der Waals surface area contributed by atoms with Crippen molar-refractivity contribution in [1.82, 2.24) is 15.2 Å². The second kappa shape index (κ2) is 6.97. The normalized spacial score (nSPS) is 10.5. The summed E-state index contributed by atoms with van der Waals surface area (Å²) in [5.74, 6) is 1.10. The molecule has 1 heterocycles. The molecule has 24 heavy (non-hydrogen) atoms. The Bertz CT molecular complexity index is 856. The quantitative estimate of drug-likeness (QED) is 0.659. The molecule has 2 N–H and O–H groups in total. The summed E-state index contributed by atoms with van der Waals surface area (Å²) >= 11 is 3.46. The lowest BCUT2D eigenvalue weighted by Crippen LogP contribution is -2.04.